The van der Waals surface area contributed by atoms with Gasteiger partial charge in [0.25, 0.3) is 0 Å². The molecule has 0 aromatic heterocycles. The average Bonchev–Trinajstić information content (AvgIpc) is 2.89. The van der Waals surface area contributed by atoms with Crippen LogP contribution in [0, 0.1) is 26.7 Å². The highest BCUT2D eigenvalue weighted by atomic mass is 35.5. The quantitative estimate of drug-likeness (QED) is 0.303. The standard InChI is InChI=1S/C27H30ClN.3C2H6/c1-18-6-9-23(10-7-18)25-12-14-27(28)17-29(15-13-26(27)21(25)4)22(5)24-11-8-19(2)20(3)16-24;3*1-2/h6-13,16,21H,5,14-15,17H2,1-4H3;3*1-2H3. The summed E-state index contributed by atoms with van der Waals surface area (Å²) in [6.07, 6.45) is 5.54. The minimum atomic E-state index is -0.353. The molecule has 2 atom stereocenters. The number of aryl methyl sites for hydroxylation is 3. The number of alkyl halides is 1. The Kier molecular flexibility index (Phi) is 12.6. The van der Waals surface area contributed by atoms with Crippen LogP contribution in [0.15, 0.2) is 66.8 Å². The van der Waals surface area contributed by atoms with Crippen LogP contribution in [-0.4, -0.2) is 22.9 Å². The lowest BCUT2D eigenvalue weighted by atomic mass is 9.73. The Morgan fingerprint density at radius 1 is 0.886 bits per heavy atom. The van der Waals surface area contributed by atoms with Gasteiger partial charge in [-0.2, -0.15) is 0 Å². The van der Waals surface area contributed by atoms with E-state index in [0.717, 1.165) is 25.2 Å². The zero-order chi connectivity index (χ0) is 26.8. The van der Waals surface area contributed by atoms with Gasteiger partial charge in [0.2, 0.25) is 0 Å². The molecular weight excluding hydrogens is 446 g/mol. The zero-order valence-electron chi connectivity index (χ0n) is 23.9. The molecule has 0 saturated heterocycles. The molecule has 0 amide bonds. The molecule has 0 spiro atoms. The van der Waals surface area contributed by atoms with Crippen LogP contribution in [0.25, 0.3) is 11.3 Å². The molecule has 1 heterocycles. The number of hydrogen-bond donors (Lipinski definition) is 0. The molecule has 0 N–H and O–H groups in total. The van der Waals surface area contributed by atoms with Crippen molar-refractivity contribution >= 4 is 22.9 Å². The third-order valence-electron chi connectivity index (χ3n) is 6.68. The van der Waals surface area contributed by atoms with Crippen molar-refractivity contribution in [3.8, 4) is 0 Å². The van der Waals surface area contributed by atoms with E-state index in [9.17, 15) is 0 Å². The molecule has 35 heavy (non-hydrogen) atoms. The smallest absolute Gasteiger partial charge is 0.0870 e. The summed E-state index contributed by atoms with van der Waals surface area (Å²) in [6.45, 7) is 26.8. The summed E-state index contributed by atoms with van der Waals surface area (Å²) >= 11 is 7.24. The van der Waals surface area contributed by atoms with Crippen molar-refractivity contribution < 1.29 is 0 Å². The lowest BCUT2D eigenvalue weighted by Gasteiger charge is -2.45. The van der Waals surface area contributed by atoms with Gasteiger partial charge in [-0.1, -0.05) is 109 Å². The highest BCUT2D eigenvalue weighted by molar-refractivity contribution is 6.27. The SMILES string of the molecule is C=C(c1ccc(C)c(C)c1)N1CC=C2C(C)C(c3ccc(C)cc3)=CCC2(Cl)C1.CC.CC.CC. The maximum absolute atomic E-state index is 7.24. The van der Waals surface area contributed by atoms with Crippen molar-refractivity contribution in [3.05, 3.63) is 94.6 Å². The Hall–Kier alpha value is -2.25. The van der Waals surface area contributed by atoms with Gasteiger partial charge >= 0.3 is 0 Å². The van der Waals surface area contributed by atoms with Crippen LogP contribution in [0.3, 0.4) is 0 Å². The molecule has 0 bridgehead atoms. The van der Waals surface area contributed by atoms with Crippen molar-refractivity contribution in [3.63, 3.8) is 0 Å². The van der Waals surface area contributed by atoms with Crippen LogP contribution in [0.5, 0.6) is 0 Å². The Morgan fingerprint density at radius 2 is 1.49 bits per heavy atom. The molecule has 1 nitrogen and oxygen atoms in total. The topological polar surface area (TPSA) is 3.24 Å². The Balaban J connectivity index is 0.000000949. The molecular formula is C33H48ClN. The summed E-state index contributed by atoms with van der Waals surface area (Å²) in [5.74, 6) is 0.334. The Morgan fingerprint density at radius 3 is 2.06 bits per heavy atom. The van der Waals surface area contributed by atoms with Crippen LogP contribution >= 0.6 is 11.6 Å². The van der Waals surface area contributed by atoms with Crippen molar-refractivity contribution in [1.29, 1.82) is 0 Å². The number of nitrogens with zero attached hydrogens (tertiary/aromatic N) is 1. The molecule has 2 aromatic rings. The highest BCUT2D eigenvalue weighted by Crippen LogP contribution is 2.47. The number of rotatable bonds is 3. The molecule has 0 saturated carbocycles. The van der Waals surface area contributed by atoms with E-state index in [0.29, 0.717) is 5.92 Å². The van der Waals surface area contributed by atoms with Gasteiger partial charge in [0.1, 0.15) is 0 Å². The van der Waals surface area contributed by atoms with Crippen molar-refractivity contribution in [2.24, 2.45) is 5.92 Å². The van der Waals surface area contributed by atoms with E-state index < -0.39 is 0 Å². The first-order chi connectivity index (χ1) is 16.8. The van der Waals surface area contributed by atoms with Crippen molar-refractivity contribution in [2.75, 3.05) is 13.1 Å². The zero-order valence-corrected chi connectivity index (χ0v) is 24.7. The van der Waals surface area contributed by atoms with Gasteiger partial charge in [0.15, 0.2) is 0 Å². The first kappa shape index (κ1) is 30.8. The second kappa shape index (κ2) is 14.3. The fraction of sp³-hybridized carbons (Fsp3) is 0.455. The number of fused-ring (bicyclic) bond motifs is 1. The summed E-state index contributed by atoms with van der Waals surface area (Å²) in [7, 11) is 0. The molecule has 0 fully saturated rings. The van der Waals surface area contributed by atoms with Gasteiger partial charge in [-0.25, -0.2) is 0 Å². The van der Waals surface area contributed by atoms with E-state index in [1.807, 2.05) is 41.5 Å². The summed E-state index contributed by atoms with van der Waals surface area (Å²) in [5.41, 5.74) is 10.2. The maximum Gasteiger partial charge on any atom is 0.0870 e. The van der Waals surface area contributed by atoms with E-state index in [-0.39, 0.29) is 4.87 Å². The first-order valence-corrected chi connectivity index (χ1v) is 13.8. The third kappa shape index (κ3) is 7.14. The van der Waals surface area contributed by atoms with Gasteiger partial charge in [0, 0.05) is 24.7 Å². The summed E-state index contributed by atoms with van der Waals surface area (Å²) in [6, 6.07) is 15.4. The minimum absolute atomic E-state index is 0.334. The largest absolute Gasteiger partial charge is 0.366 e. The average molecular weight is 494 g/mol. The van der Waals surface area contributed by atoms with Gasteiger partial charge in [-0.15, -0.1) is 11.6 Å². The normalized spacial score (nSPS) is 20.3. The first-order valence-electron chi connectivity index (χ1n) is 13.5. The molecule has 2 heteroatoms. The van der Waals surface area contributed by atoms with Crippen LogP contribution < -0.4 is 0 Å². The highest BCUT2D eigenvalue weighted by Gasteiger charge is 2.42. The second-order valence-electron chi connectivity index (χ2n) is 8.70. The van der Waals surface area contributed by atoms with Crippen LogP contribution in [0.4, 0.5) is 0 Å². The van der Waals surface area contributed by atoms with Gasteiger partial charge < -0.3 is 4.90 Å². The Labute approximate surface area is 221 Å². The summed E-state index contributed by atoms with van der Waals surface area (Å²) < 4.78 is 0. The number of hydrogen-bond acceptors (Lipinski definition) is 1. The van der Waals surface area contributed by atoms with E-state index in [1.165, 1.54) is 39.0 Å². The molecule has 192 valence electrons. The van der Waals surface area contributed by atoms with E-state index in [1.54, 1.807) is 0 Å². The lowest BCUT2D eigenvalue weighted by Crippen LogP contribution is -2.46. The number of allylic oxidation sites excluding steroid dienone is 2. The predicted molar refractivity (Wildman–Crippen MR) is 160 cm³/mol. The van der Waals surface area contributed by atoms with Crippen LogP contribution in [-0.2, 0) is 0 Å². The summed E-state index contributed by atoms with van der Waals surface area (Å²) in [5, 5.41) is 0. The van der Waals surface area contributed by atoms with Gasteiger partial charge in [-0.05, 0) is 66.7 Å². The van der Waals surface area contributed by atoms with E-state index >= 15 is 0 Å². The molecule has 2 aliphatic rings. The molecule has 1 aliphatic carbocycles. The minimum Gasteiger partial charge on any atom is -0.366 e. The van der Waals surface area contributed by atoms with Gasteiger partial charge in [-0.3, -0.25) is 0 Å². The monoisotopic (exact) mass is 493 g/mol. The third-order valence-corrected chi connectivity index (χ3v) is 7.17. The molecule has 0 radical (unpaired) electrons. The number of halogens is 1. The molecule has 2 unspecified atom stereocenters. The number of benzene rings is 2. The van der Waals surface area contributed by atoms with Crippen molar-refractivity contribution in [2.45, 2.75) is 80.5 Å². The molecule has 4 rings (SSSR count). The van der Waals surface area contributed by atoms with Crippen LogP contribution in [0.2, 0.25) is 0 Å². The van der Waals surface area contributed by atoms with E-state index in [4.69, 9.17) is 11.6 Å². The second-order valence-corrected chi connectivity index (χ2v) is 9.43. The fourth-order valence-corrected chi connectivity index (χ4v) is 5.10. The maximum atomic E-state index is 7.24. The lowest BCUT2D eigenvalue weighted by molar-refractivity contribution is 0.355. The van der Waals surface area contributed by atoms with Crippen LogP contribution in [0.1, 0.15) is 82.7 Å². The predicted octanol–water partition coefficient (Wildman–Crippen LogP) is 10.0. The Bertz CT molecular complexity index is 1010. The molecule has 1 aliphatic heterocycles. The van der Waals surface area contributed by atoms with Gasteiger partial charge in [0.05, 0.1) is 4.87 Å². The fourth-order valence-electron chi connectivity index (χ4n) is 4.64. The summed E-state index contributed by atoms with van der Waals surface area (Å²) in [4.78, 5) is 1.98. The van der Waals surface area contributed by atoms with E-state index in [2.05, 4.69) is 93.8 Å². The van der Waals surface area contributed by atoms with Crippen molar-refractivity contribution in [1.82, 2.24) is 4.90 Å². The molecule has 2 aromatic carbocycles.